The first-order valence-electron chi connectivity index (χ1n) is 8.13. The van der Waals surface area contributed by atoms with E-state index in [-0.39, 0.29) is 19.0 Å². The van der Waals surface area contributed by atoms with E-state index in [0.717, 1.165) is 5.56 Å². The highest BCUT2D eigenvalue weighted by atomic mass is 35.5. The Morgan fingerprint density at radius 1 is 1.31 bits per heavy atom. The second-order valence-electron chi connectivity index (χ2n) is 5.74. The van der Waals surface area contributed by atoms with E-state index in [0.29, 0.717) is 28.5 Å². The van der Waals surface area contributed by atoms with Crippen LogP contribution in [0.1, 0.15) is 18.1 Å². The average Bonchev–Trinajstić information content (AvgIpc) is 2.82. The Hall–Kier alpha value is -2.57. The zero-order valence-corrected chi connectivity index (χ0v) is 14.9. The quantitative estimate of drug-likeness (QED) is 0.491. The Morgan fingerprint density at radius 2 is 2.08 bits per heavy atom. The lowest BCUT2D eigenvalue weighted by Gasteiger charge is -2.08. The van der Waals surface area contributed by atoms with Gasteiger partial charge in [-0.2, -0.15) is 5.10 Å². The summed E-state index contributed by atoms with van der Waals surface area (Å²) < 4.78 is 13.8. The number of benzene rings is 2. The summed E-state index contributed by atoms with van der Waals surface area (Å²) in [6, 6.07) is 14.0. The minimum atomic E-state index is -0.413. The van der Waals surface area contributed by atoms with Gasteiger partial charge in [-0.05, 0) is 25.1 Å². The van der Waals surface area contributed by atoms with E-state index < -0.39 is 5.38 Å². The first-order valence-corrected chi connectivity index (χ1v) is 8.57. The maximum atomic E-state index is 13.8. The van der Waals surface area contributed by atoms with Crippen molar-refractivity contribution in [1.29, 1.82) is 0 Å². The molecular weight excluding hydrogens is 355 g/mol. The van der Waals surface area contributed by atoms with Crippen molar-refractivity contribution in [2.75, 3.05) is 13.2 Å². The smallest absolute Gasteiger partial charge is 0.144 e. The van der Waals surface area contributed by atoms with Crippen LogP contribution in [0.4, 0.5) is 10.1 Å². The summed E-state index contributed by atoms with van der Waals surface area (Å²) in [5.74, 6) is 0.127. The van der Waals surface area contributed by atoms with E-state index >= 15 is 0 Å². The summed E-state index contributed by atoms with van der Waals surface area (Å²) >= 11 is 5.96. The van der Waals surface area contributed by atoms with Gasteiger partial charge in [0, 0.05) is 11.1 Å². The predicted molar refractivity (Wildman–Crippen MR) is 103 cm³/mol. The number of aliphatic hydroxyl groups is 1. The molecule has 0 spiro atoms. The van der Waals surface area contributed by atoms with Crippen molar-refractivity contribution in [2.24, 2.45) is 15.1 Å². The van der Waals surface area contributed by atoms with Gasteiger partial charge in [0.15, 0.2) is 0 Å². The summed E-state index contributed by atoms with van der Waals surface area (Å²) in [6.45, 7) is 1.70. The molecule has 0 fully saturated rings. The van der Waals surface area contributed by atoms with E-state index in [1.165, 1.54) is 12.1 Å². The zero-order chi connectivity index (χ0) is 18.5. The van der Waals surface area contributed by atoms with Gasteiger partial charge >= 0.3 is 0 Å². The molecule has 1 heterocycles. The van der Waals surface area contributed by atoms with Crippen LogP contribution in [0.3, 0.4) is 0 Å². The maximum Gasteiger partial charge on any atom is 0.144 e. The number of hydrogen-bond acceptors (Lipinski definition) is 5. The normalized spacial score (nSPS) is 15.5. The number of aliphatic imine (C=N–C) groups is 2. The molecule has 0 saturated heterocycles. The minimum Gasteiger partial charge on any atom is -0.390 e. The molecule has 0 aliphatic carbocycles. The third kappa shape index (κ3) is 4.15. The summed E-state index contributed by atoms with van der Waals surface area (Å²) in [4.78, 5) is 9.11. The SMILES string of the molecule is CC(Cl)C(CO)=NNC1=Nc2ccc(F)cc2C(c2ccccc2)=NC1. The van der Waals surface area contributed by atoms with Gasteiger partial charge in [-0.25, -0.2) is 9.38 Å². The number of nitrogens with one attached hydrogen (secondary N) is 1. The van der Waals surface area contributed by atoms with E-state index in [1.54, 1.807) is 13.0 Å². The third-order valence-electron chi connectivity index (χ3n) is 3.85. The Labute approximate surface area is 156 Å². The van der Waals surface area contributed by atoms with Crippen molar-refractivity contribution in [3.8, 4) is 0 Å². The van der Waals surface area contributed by atoms with Crippen molar-refractivity contribution < 1.29 is 9.50 Å². The third-order valence-corrected chi connectivity index (χ3v) is 4.10. The van der Waals surface area contributed by atoms with Crippen LogP contribution in [0.15, 0.2) is 63.6 Å². The number of hydrogen-bond donors (Lipinski definition) is 2. The van der Waals surface area contributed by atoms with Gasteiger partial charge in [0.2, 0.25) is 0 Å². The van der Waals surface area contributed by atoms with Crippen LogP contribution in [-0.2, 0) is 0 Å². The van der Waals surface area contributed by atoms with E-state index in [1.807, 2.05) is 30.3 Å². The van der Waals surface area contributed by atoms with E-state index in [9.17, 15) is 9.50 Å². The number of halogens is 2. The molecule has 3 rings (SSSR count). The lowest BCUT2D eigenvalue weighted by molar-refractivity contribution is 0.355. The van der Waals surface area contributed by atoms with E-state index in [2.05, 4.69) is 20.5 Å². The van der Waals surface area contributed by atoms with Gasteiger partial charge in [-0.1, -0.05) is 30.3 Å². The average molecular weight is 373 g/mol. The van der Waals surface area contributed by atoms with Crippen molar-refractivity contribution in [3.05, 3.63) is 65.5 Å². The molecule has 0 aromatic heterocycles. The number of amidine groups is 1. The maximum absolute atomic E-state index is 13.8. The Kier molecular flexibility index (Phi) is 5.75. The fourth-order valence-corrected chi connectivity index (χ4v) is 2.62. The molecule has 0 bridgehead atoms. The highest BCUT2D eigenvalue weighted by Crippen LogP contribution is 2.26. The minimum absolute atomic E-state index is 0.236. The Bertz CT molecular complexity index is 878. The number of alkyl halides is 1. The first-order chi connectivity index (χ1) is 12.6. The molecule has 1 atom stereocenters. The van der Waals surface area contributed by atoms with Crippen LogP contribution in [0, 0.1) is 5.82 Å². The molecule has 0 amide bonds. The summed E-state index contributed by atoms with van der Waals surface area (Å²) in [5.41, 5.74) is 5.96. The van der Waals surface area contributed by atoms with Crippen molar-refractivity contribution in [2.45, 2.75) is 12.3 Å². The van der Waals surface area contributed by atoms with Gasteiger partial charge in [0.1, 0.15) is 11.7 Å². The molecule has 2 aromatic carbocycles. The molecule has 0 radical (unpaired) electrons. The molecule has 2 N–H and O–H groups in total. The van der Waals surface area contributed by atoms with Crippen LogP contribution in [0.25, 0.3) is 0 Å². The fraction of sp³-hybridized carbons (Fsp3) is 0.211. The fourth-order valence-electron chi connectivity index (χ4n) is 2.50. The molecular formula is C19H18ClFN4O. The lowest BCUT2D eigenvalue weighted by atomic mass is 10.0. The largest absolute Gasteiger partial charge is 0.390 e. The second kappa shape index (κ2) is 8.21. The molecule has 5 nitrogen and oxygen atoms in total. The topological polar surface area (TPSA) is 69.3 Å². The van der Waals surface area contributed by atoms with Crippen LogP contribution in [0.2, 0.25) is 0 Å². The molecule has 1 aliphatic rings. The van der Waals surface area contributed by atoms with Crippen molar-refractivity contribution in [3.63, 3.8) is 0 Å². The number of nitrogens with zero attached hydrogens (tertiary/aromatic N) is 3. The van der Waals surface area contributed by atoms with Crippen molar-refractivity contribution in [1.82, 2.24) is 5.43 Å². The van der Waals surface area contributed by atoms with E-state index in [4.69, 9.17) is 11.6 Å². The number of aliphatic hydroxyl groups excluding tert-OH is 1. The van der Waals surface area contributed by atoms with Crippen molar-refractivity contribution >= 4 is 34.5 Å². The first kappa shape index (κ1) is 18.2. The van der Waals surface area contributed by atoms with Crippen LogP contribution >= 0.6 is 11.6 Å². The zero-order valence-electron chi connectivity index (χ0n) is 14.2. The molecule has 0 saturated carbocycles. The number of rotatable bonds is 4. The number of fused-ring (bicyclic) bond motifs is 1. The Morgan fingerprint density at radius 3 is 2.77 bits per heavy atom. The highest BCUT2D eigenvalue weighted by molar-refractivity contribution is 6.32. The van der Waals surface area contributed by atoms with Crippen LogP contribution in [0.5, 0.6) is 0 Å². The highest BCUT2D eigenvalue weighted by Gasteiger charge is 2.17. The molecule has 134 valence electrons. The summed E-state index contributed by atoms with van der Waals surface area (Å²) in [6.07, 6.45) is 0. The van der Waals surface area contributed by atoms with Gasteiger partial charge in [0.25, 0.3) is 0 Å². The summed E-state index contributed by atoms with van der Waals surface area (Å²) in [5, 5.41) is 13.0. The molecule has 26 heavy (non-hydrogen) atoms. The van der Waals surface area contributed by atoms with Crippen LogP contribution < -0.4 is 5.43 Å². The molecule has 2 aromatic rings. The van der Waals surface area contributed by atoms with Gasteiger partial charge < -0.3 is 5.11 Å². The molecule has 1 unspecified atom stereocenters. The predicted octanol–water partition coefficient (Wildman–Crippen LogP) is 3.27. The monoisotopic (exact) mass is 372 g/mol. The lowest BCUT2D eigenvalue weighted by Crippen LogP contribution is -2.26. The van der Waals surface area contributed by atoms with Gasteiger partial charge in [-0.3, -0.25) is 10.4 Å². The Balaban J connectivity index is 2.00. The van der Waals surface area contributed by atoms with Gasteiger partial charge in [0.05, 0.1) is 35.6 Å². The molecule has 7 heteroatoms. The van der Waals surface area contributed by atoms with Gasteiger partial charge in [-0.15, -0.1) is 11.6 Å². The second-order valence-corrected chi connectivity index (χ2v) is 6.39. The van der Waals surface area contributed by atoms with Crippen LogP contribution in [-0.4, -0.2) is 40.9 Å². The standard InChI is InChI=1S/C19H18ClFN4O/c1-12(20)17(11-26)24-25-18-10-22-19(13-5-3-2-4-6-13)15-9-14(21)7-8-16(15)23-18/h2-9,12,26H,10-11H2,1H3,(H,23,25). The molecule has 1 aliphatic heterocycles. The summed E-state index contributed by atoms with van der Waals surface area (Å²) in [7, 11) is 0. The number of hydrazone groups is 1.